The molecule has 0 bridgehead atoms. The Hall–Kier alpha value is -2.70. The number of methoxy groups -OCH3 is 1. The van der Waals surface area contributed by atoms with Gasteiger partial charge in [0.1, 0.15) is 11.5 Å². The van der Waals surface area contributed by atoms with Crippen LogP contribution in [-0.2, 0) is 11.0 Å². The third-order valence-electron chi connectivity index (χ3n) is 4.76. The number of ether oxygens (including phenoxy) is 2. The number of carbonyl (C=O) groups excluding carboxylic acids is 1. The lowest BCUT2D eigenvalue weighted by molar-refractivity contribution is -0.137. The van der Waals surface area contributed by atoms with Crippen molar-refractivity contribution in [3.05, 3.63) is 59.7 Å². The second kappa shape index (κ2) is 8.12. The van der Waals surface area contributed by atoms with Crippen molar-refractivity contribution in [1.29, 1.82) is 0 Å². The van der Waals surface area contributed by atoms with Gasteiger partial charge in [-0.15, -0.1) is 0 Å². The second-order valence-electron chi connectivity index (χ2n) is 6.80. The number of rotatable bonds is 7. The molecule has 1 amide bonds. The molecule has 1 atom stereocenters. The van der Waals surface area contributed by atoms with Gasteiger partial charge in [0, 0.05) is 6.04 Å². The van der Waals surface area contributed by atoms with Crippen molar-refractivity contribution in [2.45, 2.75) is 38.0 Å². The molecule has 1 unspecified atom stereocenters. The summed E-state index contributed by atoms with van der Waals surface area (Å²) in [5, 5.41) is 0. The average molecular weight is 393 g/mol. The van der Waals surface area contributed by atoms with Crippen LogP contribution in [0.2, 0.25) is 0 Å². The molecule has 0 heterocycles. The third kappa shape index (κ3) is 4.77. The predicted molar refractivity (Wildman–Crippen MR) is 98.2 cm³/mol. The lowest BCUT2D eigenvalue weighted by Gasteiger charge is -2.30. The number of amides is 1. The maximum absolute atomic E-state index is 13.0. The lowest BCUT2D eigenvalue weighted by atomic mass is 10.0. The summed E-state index contributed by atoms with van der Waals surface area (Å²) < 4.78 is 49.7. The van der Waals surface area contributed by atoms with Crippen LogP contribution in [0.1, 0.15) is 36.9 Å². The summed E-state index contributed by atoms with van der Waals surface area (Å²) in [6.45, 7) is 1.57. The molecular weight excluding hydrogens is 371 g/mol. The Bertz CT molecular complexity index is 816. The van der Waals surface area contributed by atoms with Gasteiger partial charge >= 0.3 is 6.18 Å². The fourth-order valence-corrected chi connectivity index (χ4v) is 3.12. The molecule has 0 aliphatic heterocycles. The highest BCUT2D eigenvalue weighted by Crippen LogP contribution is 2.36. The number of hydrogen-bond donors (Lipinski definition) is 0. The zero-order valence-corrected chi connectivity index (χ0v) is 15.7. The molecule has 3 rings (SSSR count). The minimum atomic E-state index is -4.42. The van der Waals surface area contributed by atoms with E-state index in [9.17, 15) is 18.0 Å². The van der Waals surface area contributed by atoms with Crippen LogP contribution >= 0.6 is 0 Å². The van der Waals surface area contributed by atoms with Crippen LogP contribution in [0.15, 0.2) is 48.5 Å². The Morgan fingerprint density at radius 2 is 1.79 bits per heavy atom. The molecule has 7 heteroatoms. The van der Waals surface area contributed by atoms with Gasteiger partial charge < -0.3 is 14.4 Å². The van der Waals surface area contributed by atoms with Crippen LogP contribution in [0.3, 0.4) is 0 Å². The van der Waals surface area contributed by atoms with Gasteiger partial charge in [0.05, 0.1) is 18.7 Å². The summed E-state index contributed by atoms with van der Waals surface area (Å²) in [5.41, 5.74) is -0.256. The summed E-state index contributed by atoms with van der Waals surface area (Å²) in [5.74, 6) is 0.955. The van der Waals surface area contributed by atoms with Crippen LogP contribution in [0.4, 0.5) is 13.2 Å². The normalized spacial score (nSPS) is 15.0. The van der Waals surface area contributed by atoms with Crippen molar-refractivity contribution < 1.29 is 27.4 Å². The first-order valence-electron chi connectivity index (χ1n) is 9.05. The predicted octanol–water partition coefficient (Wildman–Crippen LogP) is 4.85. The molecule has 1 saturated carbocycles. The maximum Gasteiger partial charge on any atom is 0.416 e. The molecule has 0 spiro atoms. The molecule has 1 aliphatic rings. The first-order chi connectivity index (χ1) is 13.3. The van der Waals surface area contributed by atoms with E-state index in [1.54, 1.807) is 49.3 Å². The Labute approximate surface area is 161 Å². The van der Waals surface area contributed by atoms with Gasteiger partial charge in [0.15, 0.2) is 6.61 Å². The summed E-state index contributed by atoms with van der Waals surface area (Å²) in [6, 6.07) is 11.5. The summed E-state index contributed by atoms with van der Waals surface area (Å²) in [6.07, 6.45) is -2.73. The van der Waals surface area contributed by atoms with E-state index in [2.05, 4.69) is 0 Å². The van der Waals surface area contributed by atoms with Gasteiger partial charge in [-0.1, -0.05) is 12.1 Å². The van der Waals surface area contributed by atoms with Crippen LogP contribution < -0.4 is 9.47 Å². The maximum atomic E-state index is 13.0. The van der Waals surface area contributed by atoms with Crippen molar-refractivity contribution in [3.63, 3.8) is 0 Å². The Morgan fingerprint density at radius 3 is 2.36 bits per heavy atom. The number of halogens is 3. The van der Waals surface area contributed by atoms with Crippen molar-refractivity contribution in [2.75, 3.05) is 13.7 Å². The van der Waals surface area contributed by atoms with Gasteiger partial charge in [-0.2, -0.15) is 13.2 Å². The molecule has 4 nitrogen and oxygen atoms in total. The monoisotopic (exact) mass is 393 g/mol. The smallest absolute Gasteiger partial charge is 0.416 e. The number of hydrogen-bond acceptors (Lipinski definition) is 3. The minimum absolute atomic E-state index is 0.0384. The first kappa shape index (κ1) is 20.0. The van der Waals surface area contributed by atoms with Gasteiger partial charge in [0.25, 0.3) is 5.91 Å². The average Bonchev–Trinajstić information content (AvgIpc) is 3.51. The molecule has 1 aliphatic carbocycles. The summed E-state index contributed by atoms with van der Waals surface area (Å²) in [7, 11) is 1.56. The van der Waals surface area contributed by atoms with E-state index in [-0.39, 0.29) is 18.6 Å². The van der Waals surface area contributed by atoms with E-state index in [0.717, 1.165) is 25.0 Å². The number of carbonyl (C=O) groups is 1. The molecule has 1 fully saturated rings. The minimum Gasteiger partial charge on any atom is -0.497 e. The molecule has 0 aromatic heterocycles. The van der Waals surface area contributed by atoms with Crippen molar-refractivity contribution in [1.82, 2.24) is 4.90 Å². The second-order valence-corrected chi connectivity index (χ2v) is 6.80. The number of nitrogens with zero attached hydrogens (tertiary/aromatic N) is 1. The van der Waals surface area contributed by atoms with Crippen LogP contribution in [-0.4, -0.2) is 30.6 Å². The van der Waals surface area contributed by atoms with E-state index >= 15 is 0 Å². The lowest BCUT2D eigenvalue weighted by Crippen LogP contribution is -2.38. The first-order valence-corrected chi connectivity index (χ1v) is 9.05. The molecule has 150 valence electrons. The van der Waals surface area contributed by atoms with Crippen molar-refractivity contribution in [3.8, 4) is 11.5 Å². The van der Waals surface area contributed by atoms with E-state index in [4.69, 9.17) is 9.47 Å². The Morgan fingerprint density at radius 1 is 1.14 bits per heavy atom. The molecule has 0 saturated heterocycles. The standard InChI is InChI=1S/C21H22F3NO3/c1-14(15-4-3-5-16(12-15)21(22,23)24)25(17-6-7-17)20(26)13-28-19-10-8-18(27-2)9-11-19/h3-5,8-12,14,17H,6-7,13H2,1-2H3. The Balaban J connectivity index is 1.71. The van der Waals surface area contributed by atoms with E-state index in [1.807, 2.05) is 0 Å². The van der Waals surface area contributed by atoms with Crippen molar-refractivity contribution >= 4 is 5.91 Å². The Kier molecular flexibility index (Phi) is 5.82. The molecular formula is C21H22F3NO3. The van der Waals surface area contributed by atoms with E-state index < -0.39 is 17.8 Å². The summed E-state index contributed by atoms with van der Waals surface area (Å²) in [4.78, 5) is 14.4. The van der Waals surface area contributed by atoms with Crippen LogP contribution in [0.5, 0.6) is 11.5 Å². The van der Waals surface area contributed by atoms with Gasteiger partial charge in [-0.3, -0.25) is 4.79 Å². The quantitative estimate of drug-likeness (QED) is 0.675. The number of alkyl halides is 3. The zero-order valence-electron chi connectivity index (χ0n) is 15.7. The topological polar surface area (TPSA) is 38.8 Å². The van der Waals surface area contributed by atoms with Crippen molar-refractivity contribution in [2.24, 2.45) is 0 Å². The molecule has 0 radical (unpaired) electrons. The molecule has 28 heavy (non-hydrogen) atoms. The highest BCUT2D eigenvalue weighted by molar-refractivity contribution is 5.79. The third-order valence-corrected chi connectivity index (χ3v) is 4.76. The van der Waals surface area contributed by atoms with Gasteiger partial charge in [-0.25, -0.2) is 0 Å². The van der Waals surface area contributed by atoms with Gasteiger partial charge in [0.2, 0.25) is 0 Å². The van der Waals surface area contributed by atoms with Crippen LogP contribution in [0.25, 0.3) is 0 Å². The van der Waals surface area contributed by atoms with Gasteiger partial charge in [-0.05, 0) is 61.7 Å². The molecule has 2 aromatic rings. The van der Waals surface area contributed by atoms with E-state index in [1.165, 1.54) is 6.07 Å². The largest absolute Gasteiger partial charge is 0.497 e. The number of benzene rings is 2. The van der Waals surface area contributed by atoms with E-state index in [0.29, 0.717) is 17.1 Å². The zero-order chi connectivity index (χ0) is 20.3. The SMILES string of the molecule is COc1ccc(OCC(=O)N(C2CC2)C(C)c2cccc(C(F)(F)F)c2)cc1. The highest BCUT2D eigenvalue weighted by atomic mass is 19.4. The molecule has 2 aromatic carbocycles. The summed E-state index contributed by atoms with van der Waals surface area (Å²) >= 11 is 0. The molecule has 0 N–H and O–H groups in total. The highest BCUT2D eigenvalue weighted by Gasteiger charge is 2.37. The van der Waals surface area contributed by atoms with Crippen LogP contribution in [0, 0.1) is 0 Å². The fourth-order valence-electron chi connectivity index (χ4n) is 3.12. The fraction of sp³-hybridized carbons (Fsp3) is 0.381.